The van der Waals surface area contributed by atoms with Crippen LogP contribution in [0, 0.1) is 0 Å². The monoisotopic (exact) mass is 238 g/mol. The first-order valence-corrected chi connectivity index (χ1v) is 6.17. The number of aryl methyl sites for hydroxylation is 1. The zero-order chi connectivity index (χ0) is 12.3. The Morgan fingerprint density at radius 3 is 3.00 bits per heavy atom. The van der Waals surface area contributed by atoms with Crippen LogP contribution in [0.15, 0.2) is 12.4 Å². The molecule has 2 atom stereocenters. The average Bonchev–Trinajstić information content (AvgIpc) is 2.75. The predicted octanol–water partition coefficient (Wildman–Crippen LogP) is 0.358. The lowest BCUT2D eigenvalue weighted by molar-refractivity contribution is 0.00904. The Morgan fingerprint density at radius 2 is 2.41 bits per heavy atom. The smallest absolute Gasteiger partial charge is 0.122 e. The Morgan fingerprint density at radius 1 is 1.59 bits per heavy atom. The lowest BCUT2D eigenvalue weighted by atomic mass is 9.99. The molecule has 1 aliphatic rings. The molecular weight excluding hydrogens is 216 g/mol. The van der Waals surface area contributed by atoms with Crippen LogP contribution in [0.25, 0.3) is 0 Å². The maximum absolute atomic E-state index is 5.85. The van der Waals surface area contributed by atoms with Gasteiger partial charge in [-0.3, -0.25) is 4.90 Å². The van der Waals surface area contributed by atoms with Gasteiger partial charge in [-0.1, -0.05) is 0 Å². The third-order valence-corrected chi connectivity index (χ3v) is 3.66. The lowest BCUT2D eigenvalue weighted by Crippen LogP contribution is -2.48. The van der Waals surface area contributed by atoms with Gasteiger partial charge in [-0.25, -0.2) is 4.98 Å². The molecule has 0 spiro atoms. The first kappa shape index (κ1) is 12.5. The van der Waals surface area contributed by atoms with E-state index in [1.807, 2.05) is 19.4 Å². The molecule has 2 unspecified atom stereocenters. The molecule has 2 heterocycles. The van der Waals surface area contributed by atoms with Crippen LogP contribution in [-0.2, 0) is 18.3 Å². The summed E-state index contributed by atoms with van der Waals surface area (Å²) in [6.07, 6.45) is 6.29. The minimum absolute atomic E-state index is 0.362. The van der Waals surface area contributed by atoms with E-state index in [-0.39, 0.29) is 0 Å². The standard InChI is InChI=1S/C12H22N4O/c1-15-6-4-14-12(15)9-16-5-3-11(17-2)7-10(16)8-13/h4,6,10-11H,3,5,7-9,13H2,1-2H3. The number of methoxy groups -OCH3 is 1. The molecule has 1 aromatic rings. The van der Waals surface area contributed by atoms with E-state index in [1.165, 1.54) is 0 Å². The molecule has 5 nitrogen and oxygen atoms in total. The Hall–Kier alpha value is -0.910. The van der Waals surface area contributed by atoms with Crippen molar-refractivity contribution < 1.29 is 4.74 Å². The van der Waals surface area contributed by atoms with E-state index < -0.39 is 0 Å². The van der Waals surface area contributed by atoms with Crippen LogP contribution in [-0.4, -0.2) is 46.8 Å². The molecule has 0 aliphatic carbocycles. The Labute approximate surface area is 103 Å². The van der Waals surface area contributed by atoms with Gasteiger partial charge in [-0.2, -0.15) is 0 Å². The van der Waals surface area contributed by atoms with Gasteiger partial charge in [0.2, 0.25) is 0 Å². The maximum atomic E-state index is 5.85. The maximum Gasteiger partial charge on any atom is 0.122 e. The summed E-state index contributed by atoms with van der Waals surface area (Å²) in [4.78, 5) is 6.78. The topological polar surface area (TPSA) is 56.3 Å². The Balaban J connectivity index is 1.98. The van der Waals surface area contributed by atoms with E-state index in [2.05, 4.69) is 14.5 Å². The molecule has 1 saturated heterocycles. The van der Waals surface area contributed by atoms with Crippen molar-refractivity contribution in [3.05, 3.63) is 18.2 Å². The molecule has 17 heavy (non-hydrogen) atoms. The van der Waals surface area contributed by atoms with Gasteiger partial charge in [-0.15, -0.1) is 0 Å². The summed E-state index contributed by atoms with van der Waals surface area (Å²) in [6, 6.07) is 0.408. The lowest BCUT2D eigenvalue weighted by Gasteiger charge is -2.38. The van der Waals surface area contributed by atoms with Crippen LogP contribution in [0.5, 0.6) is 0 Å². The van der Waals surface area contributed by atoms with Gasteiger partial charge < -0.3 is 15.0 Å². The first-order valence-electron chi connectivity index (χ1n) is 6.17. The molecule has 96 valence electrons. The molecule has 2 N–H and O–H groups in total. The molecule has 0 amide bonds. The number of piperidine rings is 1. The highest BCUT2D eigenvalue weighted by Crippen LogP contribution is 2.20. The SMILES string of the molecule is COC1CCN(Cc2nccn2C)C(CN)C1. The number of ether oxygens (including phenoxy) is 1. The summed E-state index contributed by atoms with van der Waals surface area (Å²) in [5, 5.41) is 0. The van der Waals surface area contributed by atoms with Crippen LogP contribution in [0.4, 0.5) is 0 Å². The van der Waals surface area contributed by atoms with E-state index in [4.69, 9.17) is 10.5 Å². The van der Waals surface area contributed by atoms with Gasteiger partial charge >= 0.3 is 0 Å². The summed E-state index contributed by atoms with van der Waals surface area (Å²) < 4.78 is 7.49. The zero-order valence-electron chi connectivity index (χ0n) is 10.7. The highest BCUT2D eigenvalue weighted by Gasteiger charge is 2.28. The number of likely N-dealkylation sites (tertiary alicyclic amines) is 1. The average molecular weight is 238 g/mol. The van der Waals surface area contributed by atoms with Crippen LogP contribution < -0.4 is 5.73 Å². The van der Waals surface area contributed by atoms with E-state index in [1.54, 1.807) is 7.11 Å². The Bertz CT molecular complexity index is 352. The van der Waals surface area contributed by atoms with Crippen LogP contribution in [0.3, 0.4) is 0 Å². The zero-order valence-corrected chi connectivity index (χ0v) is 10.7. The third kappa shape index (κ3) is 2.86. The molecule has 1 fully saturated rings. The van der Waals surface area contributed by atoms with Gasteiger partial charge in [0.25, 0.3) is 0 Å². The molecule has 0 aromatic carbocycles. The van der Waals surface area contributed by atoms with E-state index >= 15 is 0 Å². The number of nitrogens with two attached hydrogens (primary N) is 1. The predicted molar refractivity (Wildman–Crippen MR) is 66.5 cm³/mol. The first-order chi connectivity index (χ1) is 8.24. The van der Waals surface area contributed by atoms with Crippen molar-refractivity contribution in [1.29, 1.82) is 0 Å². The molecule has 5 heteroatoms. The van der Waals surface area contributed by atoms with E-state index in [0.717, 1.165) is 31.8 Å². The van der Waals surface area contributed by atoms with Crippen LogP contribution in [0.1, 0.15) is 18.7 Å². The van der Waals surface area contributed by atoms with Gasteiger partial charge in [0, 0.05) is 45.7 Å². The molecule has 1 aliphatic heterocycles. The van der Waals surface area contributed by atoms with Crippen molar-refractivity contribution in [3.63, 3.8) is 0 Å². The second kappa shape index (κ2) is 5.62. The summed E-state index contributed by atoms with van der Waals surface area (Å²) in [5.74, 6) is 1.10. The Kier molecular flexibility index (Phi) is 4.15. The quantitative estimate of drug-likeness (QED) is 0.823. The summed E-state index contributed by atoms with van der Waals surface area (Å²) >= 11 is 0. The second-order valence-electron chi connectivity index (χ2n) is 4.70. The number of imidazole rings is 1. The van der Waals surface area contributed by atoms with Crippen molar-refractivity contribution in [2.45, 2.75) is 31.5 Å². The largest absolute Gasteiger partial charge is 0.381 e. The highest BCUT2D eigenvalue weighted by molar-refractivity contribution is 4.93. The molecule has 2 rings (SSSR count). The molecular formula is C12H22N4O. The van der Waals surface area contributed by atoms with Crippen molar-refractivity contribution in [1.82, 2.24) is 14.5 Å². The summed E-state index contributed by atoms with van der Waals surface area (Å²) in [6.45, 7) is 2.60. The normalized spacial score (nSPS) is 26.3. The summed E-state index contributed by atoms with van der Waals surface area (Å²) in [7, 11) is 3.81. The van der Waals surface area contributed by atoms with Gasteiger partial charge in [-0.05, 0) is 12.8 Å². The number of aromatic nitrogens is 2. The fourth-order valence-corrected chi connectivity index (χ4v) is 2.46. The minimum Gasteiger partial charge on any atom is -0.381 e. The van der Waals surface area contributed by atoms with E-state index in [9.17, 15) is 0 Å². The molecule has 0 bridgehead atoms. The van der Waals surface area contributed by atoms with Gasteiger partial charge in [0.1, 0.15) is 5.82 Å². The van der Waals surface area contributed by atoms with Gasteiger partial charge in [0.15, 0.2) is 0 Å². The van der Waals surface area contributed by atoms with Crippen molar-refractivity contribution in [3.8, 4) is 0 Å². The number of hydrogen-bond donors (Lipinski definition) is 1. The molecule has 1 aromatic heterocycles. The molecule has 0 saturated carbocycles. The van der Waals surface area contributed by atoms with Crippen molar-refractivity contribution >= 4 is 0 Å². The van der Waals surface area contributed by atoms with Crippen LogP contribution >= 0.6 is 0 Å². The minimum atomic E-state index is 0.362. The van der Waals surface area contributed by atoms with E-state index in [0.29, 0.717) is 18.7 Å². The molecule has 0 radical (unpaired) electrons. The fourth-order valence-electron chi connectivity index (χ4n) is 2.46. The van der Waals surface area contributed by atoms with Crippen molar-refractivity contribution in [2.75, 3.05) is 20.2 Å². The van der Waals surface area contributed by atoms with Gasteiger partial charge in [0.05, 0.1) is 12.6 Å². The highest BCUT2D eigenvalue weighted by atomic mass is 16.5. The van der Waals surface area contributed by atoms with Crippen LogP contribution in [0.2, 0.25) is 0 Å². The number of hydrogen-bond acceptors (Lipinski definition) is 4. The number of nitrogens with zero attached hydrogens (tertiary/aromatic N) is 3. The summed E-state index contributed by atoms with van der Waals surface area (Å²) in [5.41, 5.74) is 5.85. The number of rotatable bonds is 4. The van der Waals surface area contributed by atoms with Crippen molar-refractivity contribution in [2.24, 2.45) is 12.8 Å². The fraction of sp³-hybridized carbons (Fsp3) is 0.750. The third-order valence-electron chi connectivity index (χ3n) is 3.66. The second-order valence-corrected chi connectivity index (χ2v) is 4.70.